The van der Waals surface area contributed by atoms with Crippen LogP contribution in [0.3, 0.4) is 0 Å². The van der Waals surface area contributed by atoms with E-state index >= 15 is 0 Å². The van der Waals surface area contributed by atoms with Crippen LogP contribution in [0.15, 0.2) is 48.5 Å². The van der Waals surface area contributed by atoms with Gasteiger partial charge in [0, 0.05) is 32.2 Å². The fourth-order valence-corrected chi connectivity index (χ4v) is 4.35. The van der Waals surface area contributed by atoms with E-state index in [1.54, 1.807) is 0 Å². The van der Waals surface area contributed by atoms with E-state index in [2.05, 4.69) is 29.2 Å². The highest BCUT2D eigenvalue weighted by Crippen LogP contribution is 2.35. The summed E-state index contributed by atoms with van der Waals surface area (Å²) in [4.78, 5) is 17.3. The molecule has 142 valence electrons. The van der Waals surface area contributed by atoms with E-state index in [0.717, 1.165) is 37.5 Å². The number of carbonyl (C=O) groups excluding carboxylic acids is 1. The standard InChI is InChI=1S/C23H28N2O2/c1-2-27-20-10-7-18(8-11-20)17-23(26)25-15-13-24(14-16-25)22-12-9-19-5-3-4-6-21(19)22/h3-8,10-11,22H,2,9,12-17H2,1H3. The SMILES string of the molecule is CCOc1ccc(CC(=O)N2CCN(C3CCc4ccccc43)CC2)cc1. The Labute approximate surface area is 161 Å². The molecule has 4 heteroatoms. The van der Waals surface area contributed by atoms with E-state index in [9.17, 15) is 4.79 Å². The molecule has 1 heterocycles. The van der Waals surface area contributed by atoms with Crippen molar-refractivity contribution < 1.29 is 9.53 Å². The van der Waals surface area contributed by atoms with Crippen molar-refractivity contribution in [2.75, 3.05) is 32.8 Å². The smallest absolute Gasteiger partial charge is 0.227 e. The highest BCUT2D eigenvalue weighted by molar-refractivity contribution is 5.79. The zero-order valence-electron chi connectivity index (χ0n) is 16.1. The number of benzene rings is 2. The van der Waals surface area contributed by atoms with Gasteiger partial charge in [0.05, 0.1) is 13.0 Å². The zero-order chi connectivity index (χ0) is 18.6. The van der Waals surface area contributed by atoms with Crippen LogP contribution < -0.4 is 4.74 Å². The van der Waals surface area contributed by atoms with Gasteiger partial charge in [-0.3, -0.25) is 9.69 Å². The van der Waals surface area contributed by atoms with Crippen molar-refractivity contribution in [3.8, 4) is 5.75 Å². The molecule has 1 atom stereocenters. The number of ether oxygens (including phenoxy) is 1. The second-order valence-corrected chi connectivity index (χ2v) is 7.42. The van der Waals surface area contributed by atoms with Crippen molar-refractivity contribution in [2.45, 2.75) is 32.2 Å². The van der Waals surface area contributed by atoms with Crippen LogP contribution in [0.4, 0.5) is 0 Å². The van der Waals surface area contributed by atoms with Crippen LogP contribution in [0.2, 0.25) is 0 Å². The number of hydrogen-bond acceptors (Lipinski definition) is 3. The molecular weight excluding hydrogens is 336 g/mol. The minimum atomic E-state index is 0.227. The lowest BCUT2D eigenvalue weighted by molar-refractivity contribution is -0.132. The van der Waals surface area contributed by atoms with Crippen molar-refractivity contribution in [3.05, 3.63) is 65.2 Å². The summed E-state index contributed by atoms with van der Waals surface area (Å²) in [6.07, 6.45) is 2.86. The minimum absolute atomic E-state index is 0.227. The van der Waals surface area contributed by atoms with Crippen molar-refractivity contribution in [3.63, 3.8) is 0 Å². The van der Waals surface area contributed by atoms with Crippen molar-refractivity contribution in [2.24, 2.45) is 0 Å². The Bertz CT molecular complexity index is 779. The summed E-state index contributed by atoms with van der Waals surface area (Å²) in [5.74, 6) is 1.09. The minimum Gasteiger partial charge on any atom is -0.494 e. The van der Waals surface area contributed by atoms with E-state index in [4.69, 9.17) is 4.74 Å². The fourth-order valence-electron chi connectivity index (χ4n) is 4.35. The Morgan fingerprint density at radius 1 is 1.04 bits per heavy atom. The molecule has 1 aliphatic carbocycles. The molecule has 4 nitrogen and oxygen atoms in total. The molecule has 0 saturated carbocycles. The average molecular weight is 364 g/mol. The molecule has 2 aromatic carbocycles. The summed E-state index contributed by atoms with van der Waals surface area (Å²) < 4.78 is 5.47. The van der Waals surface area contributed by atoms with Gasteiger partial charge in [-0.2, -0.15) is 0 Å². The van der Waals surface area contributed by atoms with Gasteiger partial charge < -0.3 is 9.64 Å². The van der Waals surface area contributed by atoms with Gasteiger partial charge in [-0.15, -0.1) is 0 Å². The van der Waals surface area contributed by atoms with E-state index in [1.165, 1.54) is 24.0 Å². The molecule has 0 bridgehead atoms. The average Bonchev–Trinajstić information content (AvgIpc) is 3.14. The lowest BCUT2D eigenvalue weighted by atomic mass is 10.1. The Kier molecular flexibility index (Phi) is 5.44. The maximum absolute atomic E-state index is 12.7. The second-order valence-electron chi connectivity index (χ2n) is 7.42. The Morgan fingerprint density at radius 2 is 1.78 bits per heavy atom. The van der Waals surface area contributed by atoms with Gasteiger partial charge in [-0.05, 0) is 48.6 Å². The first-order chi connectivity index (χ1) is 13.2. The van der Waals surface area contributed by atoms with Gasteiger partial charge in [0.25, 0.3) is 0 Å². The molecule has 2 aromatic rings. The quantitative estimate of drug-likeness (QED) is 0.815. The summed E-state index contributed by atoms with van der Waals surface area (Å²) in [6.45, 7) is 6.22. The van der Waals surface area contributed by atoms with Gasteiger partial charge in [-0.25, -0.2) is 0 Å². The van der Waals surface area contributed by atoms with E-state index in [1.807, 2.05) is 36.1 Å². The Morgan fingerprint density at radius 3 is 2.52 bits per heavy atom. The van der Waals surface area contributed by atoms with Crippen molar-refractivity contribution >= 4 is 5.91 Å². The monoisotopic (exact) mass is 364 g/mol. The predicted molar refractivity (Wildman–Crippen MR) is 107 cm³/mol. The van der Waals surface area contributed by atoms with Crippen LogP contribution >= 0.6 is 0 Å². The van der Waals surface area contributed by atoms with Crippen LogP contribution in [-0.4, -0.2) is 48.5 Å². The van der Waals surface area contributed by atoms with Gasteiger partial charge in [0.1, 0.15) is 5.75 Å². The van der Waals surface area contributed by atoms with Gasteiger partial charge in [-0.1, -0.05) is 36.4 Å². The number of nitrogens with zero attached hydrogens (tertiary/aromatic N) is 2. The number of fused-ring (bicyclic) bond motifs is 1. The molecule has 1 aliphatic heterocycles. The molecule has 1 saturated heterocycles. The van der Waals surface area contributed by atoms with Gasteiger partial charge in [0.2, 0.25) is 5.91 Å². The lowest BCUT2D eigenvalue weighted by Gasteiger charge is -2.38. The van der Waals surface area contributed by atoms with Crippen LogP contribution in [0.1, 0.15) is 36.1 Å². The lowest BCUT2D eigenvalue weighted by Crippen LogP contribution is -2.49. The first-order valence-electron chi connectivity index (χ1n) is 10.1. The molecule has 27 heavy (non-hydrogen) atoms. The molecular formula is C23H28N2O2. The summed E-state index contributed by atoms with van der Waals surface area (Å²) in [7, 11) is 0. The third-order valence-corrected chi connectivity index (χ3v) is 5.80. The summed E-state index contributed by atoms with van der Waals surface area (Å²) in [6, 6.07) is 17.2. The van der Waals surface area contributed by atoms with Crippen LogP contribution in [-0.2, 0) is 17.6 Å². The summed E-state index contributed by atoms with van der Waals surface area (Å²) in [5, 5.41) is 0. The summed E-state index contributed by atoms with van der Waals surface area (Å²) >= 11 is 0. The molecule has 4 rings (SSSR count). The van der Waals surface area contributed by atoms with Gasteiger partial charge in [0.15, 0.2) is 0 Å². The zero-order valence-corrected chi connectivity index (χ0v) is 16.1. The molecule has 1 amide bonds. The van der Waals surface area contributed by atoms with E-state index < -0.39 is 0 Å². The Balaban J connectivity index is 1.31. The van der Waals surface area contributed by atoms with Crippen molar-refractivity contribution in [1.82, 2.24) is 9.80 Å². The third-order valence-electron chi connectivity index (χ3n) is 5.80. The first kappa shape index (κ1) is 18.1. The van der Waals surface area contributed by atoms with Crippen molar-refractivity contribution in [1.29, 1.82) is 0 Å². The molecule has 1 unspecified atom stereocenters. The molecule has 0 spiro atoms. The number of piperazine rings is 1. The van der Waals surface area contributed by atoms with E-state index in [0.29, 0.717) is 19.1 Å². The maximum atomic E-state index is 12.7. The van der Waals surface area contributed by atoms with Gasteiger partial charge >= 0.3 is 0 Å². The van der Waals surface area contributed by atoms with Crippen LogP contribution in [0.5, 0.6) is 5.75 Å². The highest BCUT2D eigenvalue weighted by Gasteiger charge is 2.30. The van der Waals surface area contributed by atoms with E-state index in [-0.39, 0.29) is 5.91 Å². The molecule has 0 N–H and O–H groups in total. The predicted octanol–water partition coefficient (Wildman–Crippen LogP) is 3.46. The fraction of sp³-hybridized carbons (Fsp3) is 0.435. The Hall–Kier alpha value is -2.33. The number of hydrogen-bond donors (Lipinski definition) is 0. The molecule has 2 aliphatic rings. The van der Waals surface area contributed by atoms with Crippen LogP contribution in [0.25, 0.3) is 0 Å². The second kappa shape index (κ2) is 8.13. The number of aryl methyl sites for hydroxylation is 1. The normalized spacial score (nSPS) is 19.7. The number of carbonyl (C=O) groups is 1. The number of rotatable bonds is 5. The molecule has 0 radical (unpaired) electrons. The molecule has 0 aromatic heterocycles. The number of amides is 1. The van der Waals surface area contributed by atoms with Crippen LogP contribution in [0, 0.1) is 0 Å². The maximum Gasteiger partial charge on any atom is 0.227 e. The topological polar surface area (TPSA) is 32.8 Å². The largest absolute Gasteiger partial charge is 0.494 e. The summed E-state index contributed by atoms with van der Waals surface area (Å²) in [5.41, 5.74) is 4.04. The third kappa shape index (κ3) is 4.01. The highest BCUT2D eigenvalue weighted by atomic mass is 16.5. The first-order valence-corrected chi connectivity index (χ1v) is 10.1. The molecule has 1 fully saturated rings.